The van der Waals surface area contributed by atoms with Crippen molar-refractivity contribution in [3.63, 3.8) is 0 Å². The van der Waals surface area contributed by atoms with Gasteiger partial charge in [0.2, 0.25) is 11.8 Å². The number of hydrogen-bond donors (Lipinski definition) is 1. The van der Waals surface area contributed by atoms with Crippen LogP contribution in [-0.2, 0) is 9.59 Å². The van der Waals surface area contributed by atoms with E-state index in [4.69, 9.17) is 0 Å². The summed E-state index contributed by atoms with van der Waals surface area (Å²) < 4.78 is 26.3. The molecule has 1 aromatic carbocycles. The van der Waals surface area contributed by atoms with Crippen molar-refractivity contribution in [2.45, 2.75) is 45.1 Å². The highest BCUT2D eigenvalue weighted by Gasteiger charge is 2.20. The van der Waals surface area contributed by atoms with Crippen LogP contribution in [0.5, 0.6) is 0 Å². The Morgan fingerprint density at radius 3 is 2.45 bits per heavy atom. The molecule has 0 atom stereocenters. The van der Waals surface area contributed by atoms with Crippen molar-refractivity contribution < 1.29 is 18.4 Å². The molecule has 0 bridgehead atoms. The first-order valence-corrected chi connectivity index (χ1v) is 7.50. The van der Waals surface area contributed by atoms with Crippen molar-refractivity contribution in [3.05, 3.63) is 29.8 Å². The molecule has 1 saturated carbocycles. The predicted octanol–water partition coefficient (Wildman–Crippen LogP) is 2.77. The standard InChI is InChI=1S/C16H20F2N2O2/c1-11(21)20(13-7-8-14(17)15(18)9-13)10-16(22)19-12-5-3-2-4-6-12/h7-9,12H,2-6,10H2,1H3,(H,19,22). The summed E-state index contributed by atoms with van der Waals surface area (Å²) in [6.07, 6.45) is 5.24. The molecule has 22 heavy (non-hydrogen) atoms. The third kappa shape index (κ3) is 4.26. The molecule has 0 heterocycles. The lowest BCUT2D eigenvalue weighted by Crippen LogP contribution is -2.44. The van der Waals surface area contributed by atoms with Gasteiger partial charge in [0.15, 0.2) is 11.6 Å². The van der Waals surface area contributed by atoms with E-state index in [9.17, 15) is 18.4 Å². The van der Waals surface area contributed by atoms with Crippen molar-refractivity contribution in [1.29, 1.82) is 0 Å². The van der Waals surface area contributed by atoms with Gasteiger partial charge in [-0.2, -0.15) is 0 Å². The van der Waals surface area contributed by atoms with E-state index >= 15 is 0 Å². The molecule has 120 valence electrons. The first-order valence-electron chi connectivity index (χ1n) is 7.50. The van der Waals surface area contributed by atoms with E-state index < -0.39 is 17.5 Å². The first kappa shape index (κ1) is 16.4. The minimum absolute atomic E-state index is 0.139. The molecule has 0 aromatic heterocycles. The maximum atomic E-state index is 13.3. The summed E-state index contributed by atoms with van der Waals surface area (Å²) in [7, 11) is 0. The van der Waals surface area contributed by atoms with Crippen LogP contribution in [-0.4, -0.2) is 24.4 Å². The fourth-order valence-electron chi connectivity index (χ4n) is 2.70. The number of carbonyl (C=O) groups is 2. The average molecular weight is 310 g/mol. The van der Waals surface area contributed by atoms with Crippen LogP contribution >= 0.6 is 0 Å². The molecule has 0 aliphatic heterocycles. The first-order chi connectivity index (χ1) is 10.5. The van der Waals surface area contributed by atoms with Crippen LogP contribution in [0.1, 0.15) is 39.0 Å². The number of hydrogen-bond acceptors (Lipinski definition) is 2. The second-order valence-electron chi connectivity index (χ2n) is 5.61. The predicted molar refractivity (Wildman–Crippen MR) is 79.4 cm³/mol. The van der Waals surface area contributed by atoms with Crippen molar-refractivity contribution in [2.24, 2.45) is 0 Å². The van der Waals surface area contributed by atoms with Gasteiger partial charge in [-0.15, -0.1) is 0 Å². The maximum Gasteiger partial charge on any atom is 0.240 e. The van der Waals surface area contributed by atoms with E-state index in [0.29, 0.717) is 0 Å². The molecule has 1 fully saturated rings. The number of benzene rings is 1. The van der Waals surface area contributed by atoms with Crippen LogP contribution in [0.3, 0.4) is 0 Å². The molecule has 0 radical (unpaired) electrons. The molecule has 1 aliphatic carbocycles. The van der Waals surface area contributed by atoms with Crippen LogP contribution in [0.15, 0.2) is 18.2 Å². The lowest BCUT2D eigenvalue weighted by Gasteiger charge is -2.25. The van der Waals surface area contributed by atoms with Crippen molar-refractivity contribution in [2.75, 3.05) is 11.4 Å². The highest BCUT2D eigenvalue weighted by molar-refractivity contribution is 5.97. The third-order valence-electron chi connectivity index (χ3n) is 3.87. The highest BCUT2D eigenvalue weighted by atomic mass is 19.2. The molecule has 0 unspecified atom stereocenters. The number of nitrogens with one attached hydrogen (secondary N) is 1. The smallest absolute Gasteiger partial charge is 0.240 e. The quantitative estimate of drug-likeness (QED) is 0.929. The highest BCUT2D eigenvalue weighted by Crippen LogP contribution is 2.19. The summed E-state index contributed by atoms with van der Waals surface area (Å²) in [6, 6.07) is 3.29. The van der Waals surface area contributed by atoms with Crippen LogP contribution in [0.25, 0.3) is 0 Å². The monoisotopic (exact) mass is 310 g/mol. The van der Waals surface area contributed by atoms with Gasteiger partial charge in [0.25, 0.3) is 0 Å². The number of carbonyl (C=O) groups excluding carboxylic acids is 2. The Kier molecular flexibility index (Phi) is 5.46. The second kappa shape index (κ2) is 7.33. The molecule has 4 nitrogen and oxygen atoms in total. The summed E-state index contributed by atoms with van der Waals surface area (Å²) in [5.41, 5.74) is 0.171. The van der Waals surface area contributed by atoms with E-state index in [1.807, 2.05) is 0 Å². The molecule has 1 aliphatic rings. The number of anilines is 1. The van der Waals surface area contributed by atoms with Gasteiger partial charge in [0.1, 0.15) is 6.54 Å². The Labute approximate surface area is 128 Å². The van der Waals surface area contributed by atoms with Crippen molar-refractivity contribution >= 4 is 17.5 Å². The summed E-state index contributed by atoms with van der Waals surface area (Å²) in [4.78, 5) is 24.9. The Morgan fingerprint density at radius 2 is 1.86 bits per heavy atom. The zero-order chi connectivity index (χ0) is 16.1. The van der Waals surface area contributed by atoms with E-state index in [2.05, 4.69) is 5.32 Å². The molecule has 6 heteroatoms. The Hall–Kier alpha value is -1.98. The van der Waals surface area contributed by atoms with E-state index in [1.54, 1.807) is 0 Å². The van der Waals surface area contributed by atoms with Crippen molar-refractivity contribution in [3.8, 4) is 0 Å². The third-order valence-corrected chi connectivity index (χ3v) is 3.87. The topological polar surface area (TPSA) is 49.4 Å². The molecular weight excluding hydrogens is 290 g/mol. The fourth-order valence-corrected chi connectivity index (χ4v) is 2.70. The lowest BCUT2D eigenvalue weighted by molar-refractivity contribution is -0.123. The normalized spacial score (nSPS) is 15.4. The molecule has 1 N–H and O–H groups in total. The van der Waals surface area contributed by atoms with Crippen molar-refractivity contribution in [1.82, 2.24) is 5.32 Å². The SMILES string of the molecule is CC(=O)N(CC(=O)NC1CCCCC1)c1ccc(F)c(F)c1. The zero-order valence-electron chi connectivity index (χ0n) is 12.6. The van der Waals surface area contributed by atoms with Gasteiger partial charge >= 0.3 is 0 Å². The zero-order valence-corrected chi connectivity index (χ0v) is 12.6. The molecule has 0 saturated heterocycles. The Morgan fingerprint density at radius 1 is 1.18 bits per heavy atom. The lowest BCUT2D eigenvalue weighted by atomic mass is 9.95. The van der Waals surface area contributed by atoms with Gasteiger partial charge in [-0.1, -0.05) is 19.3 Å². The second-order valence-corrected chi connectivity index (χ2v) is 5.61. The van der Waals surface area contributed by atoms with E-state index in [0.717, 1.165) is 42.7 Å². The van der Waals surface area contributed by atoms with Gasteiger partial charge in [-0.05, 0) is 25.0 Å². The Bertz CT molecular complexity index is 557. The minimum Gasteiger partial charge on any atom is -0.352 e. The average Bonchev–Trinajstić information content (AvgIpc) is 2.48. The van der Waals surface area contributed by atoms with Crippen LogP contribution in [0.4, 0.5) is 14.5 Å². The van der Waals surface area contributed by atoms with E-state index in [-0.39, 0.29) is 24.2 Å². The van der Waals surface area contributed by atoms with Gasteiger partial charge < -0.3 is 10.2 Å². The van der Waals surface area contributed by atoms with Crippen LogP contribution in [0, 0.1) is 11.6 Å². The molecule has 2 rings (SSSR count). The van der Waals surface area contributed by atoms with Gasteiger partial charge in [-0.25, -0.2) is 8.78 Å². The van der Waals surface area contributed by atoms with Crippen LogP contribution in [0.2, 0.25) is 0 Å². The Balaban J connectivity index is 2.03. The number of amides is 2. The fraction of sp³-hybridized carbons (Fsp3) is 0.500. The van der Waals surface area contributed by atoms with Gasteiger partial charge in [-0.3, -0.25) is 9.59 Å². The summed E-state index contributed by atoms with van der Waals surface area (Å²) in [6.45, 7) is 1.09. The van der Waals surface area contributed by atoms with Gasteiger partial charge in [0, 0.05) is 24.7 Å². The number of rotatable bonds is 4. The number of halogens is 2. The summed E-state index contributed by atoms with van der Waals surface area (Å²) in [5.74, 6) is -2.72. The summed E-state index contributed by atoms with van der Waals surface area (Å²) >= 11 is 0. The number of nitrogens with zero attached hydrogens (tertiary/aromatic N) is 1. The largest absolute Gasteiger partial charge is 0.352 e. The molecule has 1 aromatic rings. The van der Waals surface area contributed by atoms with Crippen LogP contribution < -0.4 is 10.2 Å². The summed E-state index contributed by atoms with van der Waals surface area (Å²) in [5, 5.41) is 2.90. The molecule has 0 spiro atoms. The molecular formula is C16H20F2N2O2. The maximum absolute atomic E-state index is 13.3. The van der Waals surface area contributed by atoms with Gasteiger partial charge in [0.05, 0.1) is 0 Å². The molecule has 2 amide bonds. The van der Waals surface area contributed by atoms with E-state index in [1.165, 1.54) is 19.4 Å². The minimum atomic E-state index is -1.04.